The van der Waals surface area contributed by atoms with Gasteiger partial charge >= 0.3 is 0 Å². The molecule has 0 radical (unpaired) electrons. The zero-order chi connectivity index (χ0) is 15.0. The Morgan fingerprint density at radius 1 is 1.29 bits per heavy atom. The van der Waals surface area contributed by atoms with E-state index in [-0.39, 0.29) is 5.91 Å². The highest BCUT2D eigenvalue weighted by molar-refractivity contribution is 5.75. The van der Waals surface area contributed by atoms with Crippen LogP contribution >= 0.6 is 0 Å². The largest absolute Gasteiger partial charge is 0.494 e. The molecule has 116 valence electrons. The molecule has 1 saturated heterocycles. The summed E-state index contributed by atoms with van der Waals surface area (Å²) in [6.45, 7) is 1.92. The first-order valence-electron chi connectivity index (χ1n) is 7.43. The van der Waals surface area contributed by atoms with Gasteiger partial charge in [0.25, 0.3) is 0 Å². The Balaban J connectivity index is 1.57. The van der Waals surface area contributed by atoms with Crippen molar-refractivity contribution in [2.75, 3.05) is 26.4 Å². The van der Waals surface area contributed by atoms with Gasteiger partial charge < -0.3 is 19.9 Å². The number of carbonyl (C=O) groups is 1. The summed E-state index contributed by atoms with van der Waals surface area (Å²) in [5.41, 5.74) is -0.811. The Morgan fingerprint density at radius 3 is 2.71 bits per heavy atom. The van der Waals surface area contributed by atoms with Gasteiger partial charge in [0, 0.05) is 39.0 Å². The molecule has 0 spiro atoms. The summed E-state index contributed by atoms with van der Waals surface area (Å²) in [5.74, 6) is 0.765. The molecule has 1 heterocycles. The summed E-state index contributed by atoms with van der Waals surface area (Å²) in [6, 6.07) is 9.54. The summed E-state index contributed by atoms with van der Waals surface area (Å²) in [6.07, 6.45) is 2.20. The number of hydrogen-bond acceptors (Lipinski definition) is 4. The van der Waals surface area contributed by atoms with Crippen molar-refractivity contribution in [3.63, 3.8) is 0 Å². The lowest BCUT2D eigenvalue weighted by Crippen LogP contribution is -2.46. The number of nitrogens with one attached hydrogen (secondary N) is 1. The number of carbonyl (C=O) groups excluding carboxylic acids is 1. The fraction of sp³-hybridized carbons (Fsp3) is 0.562. The molecule has 1 aromatic rings. The standard InChI is InChI=1S/C16H23NO4/c18-15(17-13-16(19)8-11-20-12-9-16)7-4-10-21-14-5-2-1-3-6-14/h1-3,5-6,19H,4,7-13H2,(H,17,18). The van der Waals surface area contributed by atoms with Crippen molar-refractivity contribution >= 4 is 5.91 Å². The Bertz CT molecular complexity index is 429. The van der Waals surface area contributed by atoms with Gasteiger partial charge in [-0.1, -0.05) is 18.2 Å². The molecule has 1 aliphatic heterocycles. The van der Waals surface area contributed by atoms with Gasteiger partial charge in [0.15, 0.2) is 0 Å². The van der Waals surface area contributed by atoms with Gasteiger partial charge in [-0.3, -0.25) is 4.79 Å². The second-order valence-electron chi connectivity index (χ2n) is 5.38. The highest BCUT2D eigenvalue weighted by atomic mass is 16.5. The molecule has 0 aliphatic carbocycles. The molecule has 1 amide bonds. The maximum absolute atomic E-state index is 11.7. The fourth-order valence-electron chi connectivity index (χ4n) is 2.22. The summed E-state index contributed by atoms with van der Waals surface area (Å²) >= 11 is 0. The second kappa shape index (κ2) is 8.00. The summed E-state index contributed by atoms with van der Waals surface area (Å²) in [5, 5.41) is 13.0. The smallest absolute Gasteiger partial charge is 0.220 e. The predicted octanol–water partition coefficient (Wildman–Crippen LogP) is 1.50. The molecule has 2 N–H and O–H groups in total. The molecule has 0 atom stereocenters. The Morgan fingerprint density at radius 2 is 2.00 bits per heavy atom. The normalized spacial score (nSPS) is 17.2. The highest BCUT2D eigenvalue weighted by Crippen LogP contribution is 2.19. The molecule has 0 saturated carbocycles. The van der Waals surface area contributed by atoms with E-state index in [2.05, 4.69) is 5.32 Å². The van der Waals surface area contributed by atoms with Gasteiger partial charge in [0.1, 0.15) is 5.75 Å². The Kier molecular flexibility index (Phi) is 6.02. The number of hydrogen-bond donors (Lipinski definition) is 2. The van der Waals surface area contributed by atoms with Crippen molar-refractivity contribution in [3.05, 3.63) is 30.3 Å². The number of aliphatic hydroxyl groups is 1. The molecule has 2 rings (SSSR count). The maximum Gasteiger partial charge on any atom is 0.220 e. The quantitative estimate of drug-likeness (QED) is 0.748. The molecule has 1 aliphatic rings. The van der Waals surface area contributed by atoms with Crippen LogP contribution in [0.4, 0.5) is 0 Å². The predicted molar refractivity (Wildman–Crippen MR) is 79.2 cm³/mol. The van der Waals surface area contributed by atoms with E-state index in [4.69, 9.17) is 9.47 Å². The Hall–Kier alpha value is -1.59. The number of rotatable bonds is 7. The molecule has 0 bridgehead atoms. The van der Waals surface area contributed by atoms with Crippen LogP contribution < -0.4 is 10.1 Å². The average Bonchev–Trinajstić information content (AvgIpc) is 2.51. The van der Waals surface area contributed by atoms with Crippen LogP contribution in [0.2, 0.25) is 0 Å². The van der Waals surface area contributed by atoms with E-state index in [0.717, 1.165) is 5.75 Å². The van der Waals surface area contributed by atoms with Crippen molar-refractivity contribution in [3.8, 4) is 5.75 Å². The van der Waals surface area contributed by atoms with E-state index in [9.17, 15) is 9.90 Å². The molecule has 5 nitrogen and oxygen atoms in total. The molecule has 0 unspecified atom stereocenters. The van der Waals surface area contributed by atoms with Crippen LogP contribution in [0.3, 0.4) is 0 Å². The van der Waals surface area contributed by atoms with Gasteiger partial charge in [-0.05, 0) is 18.6 Å². The van der Waals surface area contributed by atoms with Crippen LogP contribution in [0.25, 0.3) is 0 Å². The van der Waals surface area contributed by atoms with Crippen LogP contribution in [0, 0.1) is 0 Å². The fourth-order valence-corrected chi connectivity index (χ4v) is 2.22. The van der Waals surface area contributed by atoms with E-state index < -0.39 is 5.60 Å². The average molecular weight is 293 g/mol. The molecule has 1 fully saturated rings. The van der Waals surface area contributed by atoms with Gasteiger partial charge in [-0.2, -0.15) is 0 Å². The molecule has 0 aromatic heterocycles. The minimum atomic E-state index is -0.811. The number of ether oxygens (including phenoxy) is 2. The molecule has 21 heavy (non-hydrogen) atoms. The van der Waals surface area contributed by atoms with E-state index in [1.807, 2.05) is 30.3 Å². The van der Waals surface area contributed by atoms with Crippen molar-refractivity contribution in [2.24, 2.45) is 0 Å². The third-order valence-corrected chi connectivity index (χ3v) is 3.60. The van der Waals surface area contributed by atoms with Crippen molar-refractivity contribution in [2.45, 2.75) is 31.3 Å². The van der Waals surface area contributed by atoms with E-state index in [1.54, 1.807) is 0 Å². The third-order valence-electron chi connectivity index (χ3n) is 3.60. The maximum atomic E-state index is 11.7. The van der Waals surface area contributed by atoms with Crippen LogP contribution in [-0.4, -0.2) is 43.0 Å². The zero-order valence-electron chi connectivity index (χ0n) is 12.2. The summed E-state index contributed by atoms with van der Waals surface area (Å²) in [7, 11) is 0. The number of para-hydroxylation sites is 1. The van der Waals surface area contributed by atoms with Crippen LogP contribution in [0.1, 0.15) is 25.7 Å². The second-order valence-corrected chi connectivity index (χ2v) is 5.38. The minimum Gasteiger partial charge on any atom is -0.494 e. The first-order chi connectivity index (χ1) is 10.2. The molecule has 5 heteroatoms. The summed E-state index contributed by atoms with van der Waals surface area (Å²) < 4.78 is 10.7. The third kappa shape index (κ3) is 5.73. The monoisotopic (exact) mass is 293 g/mol. The molecular weight excluding hydrogens is 270 g/mol. The Labute approximate surface area is 125 Å². The van der Waals surface area contributed by atoms with Gasteiger partial charge in [0.2, 0.25) is 5.91 Å². The van der Waals surface area contributed by atoms with E-state index in [1.165, 1.54) is 0 Å². The van der Waals surface area contributed by atoms with Gasteiger partial charge in [0.05, 0.1) is 12.2 Å². The van der Waals surface area contributed by atoms with Gasteiger partial charge in [-0.15, -0.1) is 0 Å². The first-order valence-corrected chi connectivity index (χ1v) is 7.43. The summed E-state index contributed by atoms with van der Waals surface area (Å²) in [4.78, 5) is 11.7. The number of benzene rings is 1. The lowest BCUT2D eigenvalue weighted by molar-refractivity contribution is -0.124. The lowest BCUT2D eigenvalue weighted by atomic mass is 9.94. The topological polar surface area (TPSA) is 67.8 Å². The highest BCUT2D eigenvalue weighted by Gasteiger charge is 2.29. The minimum absolute atomic E-state index is 0.0495. The van der Waals surface area contributed by atoms with Gasteiger partial charge in [-0.25, -0.2) is 0 Å². The van der Waals surface area contributed by atoms with Crippen LogP contribution in [0.15, 0.2) is 30.3 Å². The number of amides is 1. The van der Waals surface area contributed by atoms with Crippen LogP contribution in [-0.2, 0) is 9.53 Å². The van der Waals surface area contributed by atoms with E-state index in [0.29, 0.717) is 52.0 Å². The first kappa shape index (κ1) is 15.8. The van der Waals surface area contributed by atoms with Crippen LogP contribution in [0.5, 0.6) is 5.75 Å². The lowest BCUT2D eigenvalue weighted by Gasteiger charge is -2.32. The van der Waals surface area contributed by atoms with Crippen molar-refractivity contribution < 1.29 is 19.4 Å². The molecular formula is C16H23NO4. The zero-order valence-corrected chi connectivity index (χ0v) is 12.2. The SMILES string of the molecule is O=C(CCCOc1ccccc1)NCC1(O)CCOCC1. The van der Waals surface area contributed by atoms with Crippen molar-refractivity contribution in [1.29, 1.82) is 0 Å². The van der Waals surface area contributed by atoms with Crippen molar-refractivity contribution in [1.82, 2.24) is 5.32 Å². The van der Waals surface area contributed by atoms with E-state index >= 15 is 0 Å². The molecule has 1 aromatic carbocycles.